The normalized spacial score (nSPS) is 24.2. The van der Waals surface area contributed by atoms with E-state index in [1.165, 1.54) is 12.1 Å². The van der Waals surface area contributed by atoms with Crippen molar-refractivity contribution in [2.45, 2.75) is 44.1 Å². The van der Waals surface area contributed by atoms with Crippen molar-refractivity contribution in [2.75, 3.05) is 13.1 Å². The number of hydrogen-bond acceptors (Lipinski definition) is 4. The third kappa shape index (κ3) is 3.42. The molecule has 33 heavy (non-hydrogen) atoms. The zero-order chi connectivity index (χ0) is 22.6. The van der Waals surface area contributed by atoms with Crippen LogP contribution >= 0.6 is 0 Å². The average Bonchev–Trinajstić information content (AvgIpc) is 3.63. The first-order valence-corrected chi connectivity index (χ1v) is 11.5. The first-order chi connectivity index (χ1) is 16.1. The van der Waals surface area contributed by atoms with Crippen LogP contribution < -0.4 is 5.32 Å². The van der Waals surface area contributed by atoms with Gasteiger partial charge in [0.2, 0.25) is 5.91 Å². The molecule has 2 fully saturated rings. The van der Waals surface area contributed by atoms with E-state index in [2.05, 4.69) is 10.3 Å². The van der Waals surface area contributed by atoms with Crippen LogP contribution in [0.2, 0.25) is 0 Å². The molecule has 5 nitrogen and oxygen atoms in total. The van der Waals surface area contributed by atoms with Crippen LogP contribution in [0.25, 0.3) is 10.9 Å². The molecule has 2 aliphatic heterocycles. The molecule has 1 aromatic heterocycles. The molecule has 1 saturated heterocycles. The van der Waals surface area contributed by atoms with E-state index in [0.29, 0.717) is 37.2 Å². The summed E-state index contributed by atoms with van der Waals surface area (Å²) in [5.41, 5.74) is 2.21. The molecule has 2 aromatic carbocycles. The third-order valence-electron chi connectivity index (χ3n) is 7.30. The molecule has 3 heterocycles. The van der Waals surface area contributed by atoms with Gasteiger partial charge in [-0.2, -0.15) is 0 Å². The van der Waals surface area contributed by atoms with Gasteiger partial charge in [-0.15, -0.1) is 0 Å². The Bertz CT molecular complexity index is 1240. The van der Waals surface area contributed by atoms with Gasteiger partial charge in [-0.1, -0.05) is 24.3 Å². The fourth-order valence-electron chi connectivity index (χ4n) is 5.48. The van der Waals surface area contributed by atoms with Crippen LogP contribution in [0.15, 0.2) is 48.7 Å². The monoisotopic (exact) mass is 449 g/mol. The topological polar surface area (TPSA) is 54.5 Å². The van der Waals surface area contributed by atoms with E-state index in [4.69, 9.17) is 4.74 Å². The number of pyridine rings is 1. The third-order valence-corrected chi connectivity index (χ3v) is 7.30. The van der Waals surface area contributed by atoms with Gasteiger partial charge in [0, 0.05) is 30.7 Å². The van der Waals surface area contributed by atoms with Crippen molar-refractivity contribution in [2.24, 2.45) is 5.92 Å². The Balaban J connectivity index is 1.37. The number of halogens is 2. The molecule has 1 unspecified atom stereocenters. The maximum absolute atomic E-state index is 14.2. The van der Waals surface area contributed by atoms with Gasteiger partial charge in [0.25, 0.3) is 0 Å². The first-order valence-electron chi connectivity index (χ1n) is 11.5. The zero-order valence-electron chi connectivity index (χ0n) is 18.2. The van der Waals surface area contributed by atoms with Crippen LogP contribution in [-0.4, -0.2) is 34.9 Å². The molecule has 3 aliphatic rings. The maximum atomic E-state index is 14.2. The lowest BCUT2D eigenvalue weighted by atomic mass is 9.75. The SMILES string of the molecule is O=C(C1CNCC[C@@]12OCc1cc(F)c(F)cc12)N(Cc1cccc2cccnc12)C1CC1. The highest BCUT2D eigenvalue weighted by molar-refractivity contribution is 5.84. The summed E-state index contributed by atoms with van der Waals surface area (Å²) in [4.78, 5) is 20.6. The molecular weight excluding hydrogens is 424 g/mol. The number of hydrogen-bond donors (Lipinski definition) is 1. The van der Waals surface area contributed by atoms with Crippen molar-refractivity contribution in [1.29, 1.82) is 0 Å². The number of carbonyl (C=O) groups is 1. The summed E-state index contributed by atoms with van der Waals surface area (Å²) in [5.74, 6) is -2.30. The van der Waals surface area contributed by atoms with Gasteiger partial charge in [-0.05, 0) is 60.7 Å². The summed E-state index contributed by atoms with van der Waals surface area (Å²) < 4.78 is 34.3. The number of aromatic nitrogens is 1. The molecule has 1 N–H and O–H groups in total. The number of ether oxygens (including phenoxy) is 1. The largest absolute Gasteiger partial charge is 0.365 e. The highest BCUT2D eigenvalue weighted by Crippen LogP contribution is 2.48. The van der Waals surface area contributed by atoms with E-state index in [1.807, 2.05) is 35.2 Å². The van der Waals surface area contributed by atoms with Crippen molar-refractivity contribution < 1.29 is 18.3 Å². The number of fused-ring (bicyclic) bond motifs is 3. The molecule has 7 heteroatoms. The minimum Gasteiger partial charge on any atom is -0.365 e. The van der Waals surface area contributed by atoms with Gasteiger partial charge in [0.15, 0.2) is 11.6 Å². The maximum Gasteiger partial charge on any atom is 0.230 e. The van der Waals surface area contributed by atoms with E-state index < -0.39 is 23.2 Å². The number of carbonyl (C=O) groups excluding carboxylic acids is 1. The number of benzene rings is 2. The smallest absolute Gasteiger partial charge is 0.230 e. The summed E-state index contributed by atoms with van der Waals surface area (Å²) in [6, 6.07) is 12.6. The fourth-order valence-corrected chi connectivity index (χ4v) is 5.48. The Kier molecular flexibility index (Phi) is 4.92. The molecule has 1 amide bonds. The predicted molar refractivity (Wildman–Crippen MR) is 119 cm³/mol. The van der Waals surface area contributed by atoms with Crippen molar-refractivity contribution in [3.63, 3.8) is 0 Å². The summed E-state index contributed by atoms with van der Waals surface area (Å²) in [6.07, 6.45) is 4.24. The van der Waals surface area contributed by atoms with Crippen molar-refractivity contribution >= 4 is 16.8 Å². The van der Waals surface area contributed by atoms with Gasteiger partial charge in [0.05, 0.1) is 18.0 Å². The second-order valence-corrected chi connectivity index (χ2v) is 9.30. The molecule has 0 radical (unpaired) electrons. The lowest BCUT2D eigenvalue weighted by Gasteiger charge is -2.43. The van der Waals surface area contributed by atoms with Crippen LogP contribution in [0, 0.1) is 17.6 Å². The minimum atomic E-state index is -0.934. The number of nitrogens with zero attached hydrogens (tertiary/aromatic N) is 2. The van der Waals surface area contributed by atoms with Gasteiger partial charge < -0.3 is 15.0 Å². The van der Waals surface area contributed by atoms with E-state index in [9.17, 15) is 13.6 Å². The second-order valence-electron chi connectivity index (χ2n) is 9.30. The van der Waals surface area contributed by atoms with Crippen molar-refractivity contribution in [3.8, 4) is 0 Å². The molecule has 1 aliphatic carbocycles. The molecule has 170 valence electrons. The van der Waals surface area contributed by atoms with Crippen LogP contribution in [0.4, 0.5) is 8.78 Å². The van der Waals surface area contributed by atoms with Crippen LogP contribution in [0.5, 0.6) is 0 Å². The minimum absolute atomic E-state index is 0.00443. The van der Waals surface area contributed by atoms with E-state index >= 15 is 0 Å². The Morgan fingerprint density at radius 2 is 2.00 bits per heavy atom. The van der Waals surface area contributed by atoms with Crippen molar-refractivity contribution in [3.05, 3.63) is 77.0 Å². The highest BCUT2D eigenvalue weighted by Gasteiger charge is 2.53. The van der Waals surface area contributed by atoms with E-state index in [0.717, 1.165) is 29.3 Å². The Labute approximate surface area is 190 Å². The Hall–Kier alpha value is -2.90. The molecular formula is C26H25F2N3O2. The molecule has 1 saturated carbocycles. The molecule has 1 spiro atoms. The lowest BCUT2D eigenvalue weighted by molar-refractivity contribution is -0.157. The van der Waals surface area contributed by atoms with E-state index in [-0.39, 0.29) is 18.6 Å². The summed E-state index contributed by atoms with van der Waals surface area (Å²) in [6.45, 7) is 1.75. The summed E-state index contributed by atoms with van der Waals surface area (Å²) in [7, 11) is 0. The van der Waals surface area contributed by atoms with Gasteiger partial charge in [-0.3, -0.25) is 9.78 Å². The predicted octanol–water partition coefficient (Wildman–Crippen LogP) is 4.04. The molecule has 0 bridgehead atoms. The number of amides is 1. The average molecular weight is 450 g/mol. The summed E-state index contributed by atoms with van der Waals surface area (Å²) in [5, 5.41) is 4.37. The van der Waals surface area contributed by atoms with Gasteiger partial charge >= 0.3 is 0 Å². The lowest BCUT2D eigenvalue weighted by Crippen LogP contribution is -2.55. The Morgan fingerprint density at radius 3 is 2.85 bits per heavy atom. The molecule has 6 rings (SSSR count). The molecule has 2 atom stereocenters. The van der Waals surface area contributed by atoms with Crippen molar-refractivity contribution in [1.82, 2.24) is 15.2 Å². The van der Waals surface area contributed by atoms with Gasteiger partial charge in [-0.25, -0.2) is 8.78 Å². The Morgan fingerprint density at radius 1 is 1.18 bits per heavy atom. The van der Waals surface area contributed by atoms with Crippen LogP contribution in [-0.2, 0) is 28.3 Å². The van der Waals surface area contributed by atoms with Crippen LogP contribution in [0.3, 0.4) is 0 Å². The van der Waals surface area contributed by atoms with Gasteiger partial charge in [0.1, 0.15) is 5.60 Å². The summed E-state index contributed by atoms with van der Waals surface area (Å²) >= 11 is 0. The zero-order valence-corrected chi connectivity index (χ0v) is 18.2. The second kappa shape index (κ2) is 7.85. The number of nitrogens with one attached hydrogen (secondary N) is 1. The number of para-hydroxylation sites is 1. The number of piperidine rings is 1. The van der Waals surface area contributed by atoms with Crippen LogP contribution in [0.1, 0.15) is 36.0 Å². The fraction of sp³-hybridized carbons (Fsp3) is 0.385. The standard InChI is InChI=1S/C26H25F2N3O2/c27-22-11-18-15-33-26(20(18)12-23(22)28)8-10-29-13-21(26)25(32)31(19-6-7-19)14-17-4-1-3-16-5-2-9-30-24(16)17/h1-5,9,11-12,19,21,29H,6-8,10,13-15H2/t21?,26-/m0/s1. The number of rotatable bonds is 4. The first kappa shape index (κ1) is 20.7. The quantitative estimate of drug-likeness (QED) is 0.653. The van der Waals surface area contributed by atoms with E-state index in [1.54, 1.807) is 6.20 Å². The highest BCUT2D eigenvalue weighted by atomic mass is 19.2. The molecule has 3 aromatic rings.